The average Bonchev–Trinajstić information content (AvgIpc) is 3.16. The number of nitrogens with one attached hydrogen (secondary N) is 1. The third-order valence-corrected chi connectivity index (χ3v) is 7.18. The number of hydrogen-bond acceptors (Lipinski definition) is 6. The smallest absolute Gasteiger partial charge is 0.261 e. The highest BCUT2D eigenvalue weighted by molar-refractivity contribution is 7.89. The van der Waals surface area contributed by atoms with E-state index in [0.29, 0.717) is 54.0 Å². The minimum absolute atomic E-state index is 0.158. The zero-order valence-electron chi connectivity index (χ0n) is 16.7. The van der Waals surface area contributed by atoms with Gasteiger partial charge in [-0.2, -0.15) is 4.31 Å². The lowest BCUT2D eigenvalue weighted by atomic mass is 10.1. The van der Waals surface area contributed by atoms with Crippen molar-refractivity contribution in [3.05, 3.63) is 64.9 Å². The third-order valence-electron chi connectivity index (χ3n) is 4.94. The van der Waals surface area contributed by atoms with E-state index >= 15 is 0 Å². The van der Waals surface area contributed by atoms with Crippen LogP contribution in [0, 0.1) is 6.92 Å². The van der Waals surface area contributed by atoms with Crippen LogP contribution >= 0.6 is 11.6 Å². The van der Waals surface area contributed by atoms with Crippen molar-refractivity contribution in [3.8, 4) is 11.3 Å². The van der Waals surface area contributed by atoms with Gasteiger partial charge < -0.3 is 14.6 Å². The Kier molecular flexibility index (Phi) is 6.10. The van der Waals surface area contributed by atoms with Gasteiger partial charge in [0.1, 0.15) is 17.0 Å². The number of morpholine rings is 1. The number of halogens is 1. The van der Waals surface area contributed by atoms with Crippen LogP contribution in [-0.4, -0.2) is 50.1 Å². The van der Waals surface area contributed by atoms with E-state index < -0.39 is 15.9 Å². The second kappa shape index (κ2) is 8.80. The minimum atomic E-state index is -3.60. The number of ether oxygens (including phenoxy) is 1. The SMILES string of the molecule is Cc1onc(-c2ccccc2Cl)c1C(=O)Nc1ccc(S(=O)(=O)N2CCOCC2)cc1. The number of aryl methyl sites for hydroxylation is 1. The van der Waals surface area contributed by atoms with E-state index in [-0.39, 0.29) is 10.5 Å². The molecule has 1 aliphatic heterocycles. The summed E-state index contributed by atoms with van der Waals surface area (Å²) in [7, 11) is -3.60. The van der Waals surface area contributed by atoms with E-state index in [1.165, 1.54) is 16.4 Å². The number of sulfonamides is 1. The standard InChI is InChI=1S/C21H20ClN3O5S/c1-14-19(20(24-30-14)17-4-2-3-5-18(17)22)21(26)23-15-6-8-16(9-7-15)31(27,28)25-10-12-29-13-11-25/h2-9H,10-13H2,1H3,(H,23,26). The Morgan fingerprint density at radius 3 is 2.45 bits per heavy atom. The molecule has 1 aliphatic rings. The lowest BCUT2D eigenvalue weighted by Crippen LogP contribution is -2.40. The molecule has 10 heteroatoms. The monoisotopic (exact) mass is 461 g/mol. The fraction of sp³-hybridized carbons (Fsp3) is 0.238. The van der Waals surface area contributed by atoms with E-state index in [0.717, 1.165) is 0 Å². The van der Waals surface area contributed by atoms with Crippen LogP contribution in [0.15, 0.2) is 57.9 Å². The molecular formula is C21H20ClN3O5S. The van der Waals surface area contributed by atoms with Gasteiger partial charge in [-0.15, -0.1) is 0 Å². The molecule has 0 unspecified atom stereocenters. The van der Waals surface area contributed by atoms with E-state index in [2.05, 4.69) is 10.5 Å². The second-order valence-electron chi connectivity index (χ2n) is 6.94. The third kappa shape index (κ3) is 4.35. The highest BCUT2D eigenvalue weighted by Crippen LogP contribution is 2.31. The first-order valence-electron chi connectivity index (χ1n) is 9.58. The van der Waals surface area contributed by atoms with Gasteiger partial charge >= 0.3 is 0 Å². The molecule has 0 saturated carbocycles. The van der Waals surface area contributed by atoms with Crippen molar-refractivity contribution in [1.29, 1.82) is 0 Å². The van der Waals surface area contributed by atoms with Crippen LogP contribution in [0.25, 0.3) is 11.3 Å². The Labute approximate surface area is 184 Å². The van der Waals surface area contributed by atoms with Gasteiger partial charge in [-0.05, 0) is 37.3 Å². The molecule has 31 heavy (non-hydrogen) atoms. The Bertz CT molecular complexity index is 1200. The van der Waals surface area contributed by atoms with Crippen LogP contribution in [0.5, 0.6) is 0 Å². The Morgan fingerprint density at radius 1 is 1.10 bits per heavy atom. The van der Waals surface area contributed by atoms with E-state index in [1.807, 2.05) is 0 Å². The normalized spacial score (nSPS) is 15.0. The quantitative estimate of drug-likeness (QED) is 0.623. The van der Waals surface area contributed by atoms with E-state index in [4.69, 9.17) is 20.9 Å². The van der Waals surface area contributed by atoms with Crippen LogP contribution in [-0.2, 0) is 14.8 Å². The zero-order chi connectivity index (χ0) is 22.0. The van der Waals surface area contributed by atoms with Gasteiger partial charge in [0.05, 0.1) is 23.1 Å². The largest absolute Gasteiger partial charge is 0.379 e. The minimum Gasteiger partial charge on any atom is -0.379 e. The van der Waals surface area contributed by atoms with Gasteiger partial charge in [0.15, 0.2) is 0 Å². The Balaban J connectivity index is 1.55. The number of carbonyl (C=O) groups excluding carboxylic acids is 1. The summed E-state index contributed by atoms with van der Waals surface area (Å²) in [6.45, 7) is 3.02. The molecule has 0 atom stereocenters. The van der Waals surface area contributed by atoms with Gasteiger partial charge in [-0.25, -0.2) is 8.42 Å². The van der Waals surface area contributed by atoms with Crippen molar-refractivity contribution in [2.24, 2.45) is 0 Å². The van der Waals surface area contributed by atoms with Crippen LogP contribution in [0.3, 0.4) is 0 Å². The number of nitrogens with zero attached hydrogens (tertiary/aromatic N) is 2. The molecular weight excluding hydrogens is 442 g/mol. The molecule has 0 spiro atoms. The van der Waals surface area contributed by atoms with Gasteiger partial charge in [0.25, 0.3) is 5.91 Å². The summed E-state index contributed by atoms with van der Waals surface area (Å²) in [4.78, 5) is 13.1. The molecule has 0 bridgehead atoms. The fourth-order valence-corrected chi connectivity index (χ4v) is 4.95. The maximum absolute atomic E-state index is 12.9. The lowest BCUT2D eigenvalue weighted by molar-refractivity contribution is 0.0730. The molecule has 0 aliphatic carbocycles. The molecule has 4 rings (SSSR count). The zero-order valence-corrected chi connectivity index (χ0v) is 18.2. The summed E-state index contributed by atoms with van der Waals surface area (Å²) >= 11 is 6.25. The fourth-order valence-electron chi connectivity index (χ4n) is 3.32. The van der Waals surface area contributed by atoms with Gasteiger partial charge in [-0.1, -0.05) is 35.0 Å². The van der Waals surface area contributed by atoms with E-state index in [1.54, 1.807) is 43.3 Å². The number of amides is 1. The first-order valence-corrected chi connectivity index (χ1v) is 11.4. The van der Waals surface area contributed by atoms with Crippen molar-refractivity contribution in [2.75, 3.05) is 31.6 Å². The number of anilines is 1. The maximum Gasteiger partial charge on any atom is 0.261 e. The molecule has 1 fully saturated rings. The first-order chi connectivity index (χ1) is 14.9. The molecule has 162 valence electrons. The lowest BCUT2D eigenvalue weighted by Gasteiger charge is -2.26. The van der Waals surface area contributed by atoms with Gasteiger partial charge in [0, 0.05) is 24.3 Å². The molecule has 2 aromatic carbocycles. The predicted molar refractivity (Wildman–Crippen MR) is 116 cm³/mol. The number of aromatic nitrogens is 1. The van der Waals surface area contributed by atoms with Crippen molar-refractivity contribution in [3.63, 3.8) is 0 Å². The summed E-state index contributed by atoms with van der Waals surface area (Å²) < 4.78 is 37.3. The summed E-state index contributed by atoms with van der Waals surface area (Å²) in [6, 6.07) is 13.1. The first kappa shape index (κ1) is 21.5. The van der Waals surface area contributed by atoms with Crippen LogP contribution < -0.4 is 5.32 Å². The van der Waals surface area contributed by atoms with Crippen molar-refractivity contribution in [2.45, 2.75) is 11.8 Å². The summed E-state index contributed by atoms with van der Waals surface area (Å²) in [5.74, 6) is -0.0867. The number of carbonyl (C=O) groups is 1. The Morgan fingerprint density at radius 2 is 1.77 bits per heavy atom. The van der Waals surface area contributed by atoms with Crippen molar-refractivity contribution in [1.82, 2.24) is 9.46 Å². The van der Waals surface area contributed by atoms with Crippen LogP contribution in [0.1, 0.15) is 16.1 Å². The van der Waals surface area contributed by atoms with Gasteiger partial charge in [0.2, 0.25) is 10.0 Å². The summed E-state index contributed by atoms with van der Waals surface area (Å²) in [6.07, 6.45) is 0. The summed E-state index contributed by atoms with van der Waals surface area (Å²) in [5, 5.41) is 7.20. The maximum atomic E-state index is 12.9. The molecule has 3 aromatic rings. The molecule has 0 radical (unpaired) electrons. The van der Waals surface area contributed by atoms with E-state index in [9.17, 15) is 13.2 Å². The second-order valence-corrected chi connectivity index (χ2v) is 9.28. The molecule has 1 N–H and O–H groups in total. The Hall–Kier alpha value is -2.72. The topological polar surface area (TPSA) is 102 Å². The number of hydrogen-bond donors (Lipinski definition) is 1. The highest BCUT2D eigenvalue weighted by atomic mass is 35.5. The number of benzene rings is 2. The average molecular weight is 462 g/mol. The molecule has 8 nitrogen and oxygen atoms in total. The van der Waals surface area contributed by atoms with Crippen LogP contribution in [0.2, 0.25) is 5.02 Å². The van der Waals surface area contributed by atoms with Crippen molar-refractivity contribution < 1.29 is 22.5 Å². The van der Waals surface area contributed by atoms with Gasteiger partial charge in [-0.3, -0.25) is 4.79 Å². The van der Waals surface area contributed by atoms with Crippen molar-refractivity contribution >= 4 is 33.2 Å². The highest BCUT2D eigenvalue weighted by Gasteiger charge is 2.27. The predicted octanol–water partition coefficient (Wildman–Crippen LogP) is 3.58. The number of rotatable bonds is 5. The molecule has 1 amide bonds. The molecule has 1 aromatic heterocycles. The van der Waals surface area contributed by atoms with Crippen LogP contribution in [0.4, 0.5) is 5.69 Å². The molecule has 1 saturated heterocycles. The molecule has 2 heterocycles. The summed E-state index contributed by atoms with van der Waals surface area (Å²) in [5.41, 5.74) is 1.62.